The molecule has 0 rings (SSSR count). The second-order valence-corrected chi connectivity index (χ2v) is 2.18. The molecule has 0 bridgehead atoms. The monoisotopic (exact) mass is 287 g/mol. The number of carbonyl (C=O) groups excluding carboxylic acids is 2. The molecule has 0 aromatic heterocycles. The number of carboxylic acid groups (broad SMARTS) is 2. The summed E-state index contributed by atoms with van der Waals surface area (Å²) in [7, 11) is 0. The number of carboxylic acids is 2. The summed E-state index contributed by atoms with van der Waals surface area (Å²) in [5.41, 5.74) is 0. The van der Waals surface area contributed by atoms with Crippen LogP contribution in [-0.4, -0.2) is 48.5 Å². The minimum atomic E-state index is -1.08. The molecule has 0 unspecified atom stereocenters. The van der Waals surface area contributed by atoms with Crippen molar-refractivity contribution in [2.24, 2.45) is 0 Å². The molecule has 16 heavy (non-hydrogen) atoms. The van der Waals surface area contributed by atoms with E-state index in [0.29, 0.717) is 13.1 Å². The van der Waals surface area contributed by atoms with Crippen LogP contribution in [-0.2, 0) is 29.1 Å². The Morgan fingerprint density at radius 3 is 1.31 bits per heavy atom. The third-order valence-corrected chi connectivity index (χ3v) is 0.577. The van der Waals surface area contributed by atoms with Crippen molar-refractivity contribution in [2.75, 3.05) is 26.3 Å². The van der Waals surface area contributed by atoms with E-state index in [0.717, 1.165) is 13.8 Å². The Morgan fingerprint density at radius 2 is 1.19 bits per heavy atom. The molecule has 3 N–H and O–H groups in total. The molecule has 92 valence electrons. The van der Waals surface area contributed by atoms with Crippen LogP contribution in [0.2, 0.25) is 0 Å². The molecule has 0 spiro atoms. The summed E-state index contributed by atoms with van der Waals surface area (Å²) < 4.78 is 0. The summed E-state index contributed by atoms with van der Waals surface area (Å²) in [5.74, 6) is -2.17. The molecular weight excluding hydrogens is 271 g/mol. The molecule has 8 heteroatoms. The first-order valence-corrected chi connectivity index (χ1v) is 4.16. The number of carbonyl (C=O) groups is 2. The van der Waals surface area contributed by atoms with Gasteiger partial charge in [0.1, 0.15) is 0 Å². The second kappa shape index (κ2) is 23.9. The first kappa shape index (κ1) is 24.6. The van der Waals surface area contributed by atoms with Gasteiger partial charge in [-0.05, 0) is 13.8 Å². The van der Waals surface area contributed by atoms with Crippen LogP contribution >= 0.6 is 0 Å². The number of hydrogen-bond donors (Lipinski definition) is 3. The summed E-state index contributed by atoms with van der Waals surface area (Å²) in [4.78, 5) is 17.8. The van der Waals surface area contributed by atoms with E-state index < -0.39 is 11.9 Å². The Morgan fingerprint density at radius 1 is 1.00 bits per heavy atom. The van der Waals surface area contributed by atoms with Crippen LogP contribution in [0.3, 0.4) is 0 Å². The van der Waals surface area contributed by atoms with Gasteiger partial charge in [0.15, 0.2) is 0 Å². The van der Waals surface area contributed by atoms with Gasteiger partial charge >= 0.3 is 19.5 Å². The topological polar surface area (TPSA) is 133 Å². The molecular formula is C8H17NO6Zn. The van der Waals surface area contributed by atoms with Gasteiger partial charge in [0.25, 0.3) is 0 Å². The van der Waals surface area contributed by atoms with Gasteiger partial charge in [-0.2, -0.15) is 0 Å². The molecule has 0 fully saturated rings. The van der Waals surface area contributed by atoms with E-state index in [1.165, 1.54) is 0 Å². The van der Waals surface area contributed by atoms with Crippen molar-refractivity contribution in [2.45, 2.75) is 13.8 Å². The largest absolute Gasteiger partial charge is 2.00 e. The second-order valence-electron chi connectivity index (χ2n) is 2.18. The predicted octanol–water partition coefficient (Wildman–Crippen LogP) is -3.93. The number of aliphatic hydroxyl groups is 2. The zero-order valence-corrected chi connectivity index (χ0v) is 12.5. The maximum atomic E-state index is 8.89. The minimum absolute atomic E-state index is 0. The molecule has 0 saturated heterocycles. The van der Waals surface area contributed by atoms with Crippen molar-refractivity contribution in [3.8, 4) is 0 Å². The van der Waals surface area contributed by atoms with E-state index in [1.807, 2.05) is 0 Å². The van der Waals surface area contributed by atoms with Gasteiger partial charge in [-0.15, -0.1) is 0 Å². The van der Waals surface area contributed by atoms with Crippen LogP contribution in [0.25, 0.3) is 0 Å². The van der Waals surface area contributed by atoms with Crippen LogP contribution in [0.15, 0.2) is 0 Å². The van der Waals surface area contributed by atoms with Crippen LogP contribution in [0, 0.1) is 0 Å². The SMILES string of the molecule is CC(=O)[O-].CC(=O)[O-].OCCNCCO.[Zn+2]. The van der Waals surface area contributed by atoms with E-state index >= 15 is 0 Å². The van der Waals surface area contributed by atoms with Gasteiger partial charge in [-0.25, -0.2) is 0 Å². The van der Waals surface area contributed by atoms with Gasteiger partial charge in [-0.3, -0.25) is 0 Å². The Hall–Kier alpha value is -0.557. The zero-order valence-electron chi connectivity index (χ0n) is 9.56. The van der Waals surface area contributed by atoms with Crippen LogP contribution in [0.4, 0.5) is 0 Å². The van der Waals surface area contributed by atoms with E-state index in [4.69, 9.17) is 30.0 Å². The Labute approximate surface area is 107 Å². The molecule has 0 atom stereocenters. The van der Waals surface area contributed by atoms with E-state index in [2.05, 4.69) is 5.32 Å². The average Bonchev–Trinajstić information content (AvgIpc) is 2.03. The summed E-state index contributed by atoms with van der Waals surface area (Å²) >= 11 is 0. The van der Waals surface area contributed by atoms with Crippen molar-refractivity contribution < 1.29 is 49.5 Å². The first-order valence-electron chi connectivity index (χ1n) is 4.16. The van der Waals surface area contributed by atoms with Gasteiger partial charge in [0.2, 0.25) is 0 Å². The molecule has 0 aromatic rings. The zero-order chi connectivity index (χ0) is 12.7. The first-order chi connectivity index (χ1) is 6.88. The number of rotatable bonds is 4. The summed E-state index contributed by atoms with van der Waals surface area (Å²) in [6.07, 6.45) is 0. The van der Waals surface area contributed by atoms with E-state index in [9.17, 15) is 0 Å². The van der Waals surface area contributed by atoms with Crippen molar-refractivity contribution in [1.29, 1.82) is 0 Å². The number of hydrogen-bond acceptors (Lipinski definition) is 7. The number of aliphatic carboxylic acids is 2. The third-order valence-electron chi connectivity index (χ3n) is 0.577. The Kier molecular flexibility index (Phi) is 36.8. The fourth-order valence-corrected chi connectivity index (χ4v) is 0.283. The Bertz CT molecular complexity index is 131. The van der Waals surface area contributed by atoms with Gasteiger partial charge in [0.05, 0.1) is 13.2 Å². The summed E-state index contributed by atoms with van der Waals surface area (Å²) in [5, 5.41) is 36.9. The standard InChI is InChI=1S/C4H11NO2.2C2H4O2.Zn/c6-3-1-5-2-4-7;2*1-2(3)4;/h5-7H,1-4H2;2*1H3,(H,3,4);/q;;;+2/p-2. The molecule has 7 nitrogen and oxygen atoms in total. The number of aliphatic hydroxyl groups excluding tert-OH is 2. The molecule has 0 aliphatic rings. The number of nitrogens with one attached hydrogen (secondary N) is 1. The van der Waals surface area contributed by atoms with Crippen molar-refractivity contribution in [1.82, 2.24) is 5.32 Å². The van der Waals surface area contributed by atoms with Crippen molar-refractivity contribution in [3.05, 3.63) is 0 Å². The van der Waals surface area contributed by atoms with Crippen LogP contribution < -0.4 is 15.5 Å². The molecule has 0 aliphatic carbocycles. The normalized spacial score (nSPS) is 7.25. The predicted molar refractivity (Wildman–Crippen MR) is 48.4 cm³/mol. The van der Waals surface area contributed by atoms with Crippen molar-refractivity contribution in [3.63, 3.8) is 0 Å². The van der Waals surface area contributed by atoms with Crippen LogP contribution in [0.1, 0.15) is 13.8 Å². The molecule has 0 amide bonds. The van der Waals surface area contributed by atoms with E-state index in [1.54, 1.807) is 0 Å². The van der Waals surface area contributed by atoms with E-state index in [-0.39, 0.29) is 32.7 Å². The molecule has 0 aliphatic heterocycles. The van der Waals surface area contributed by atoms with Crippen LogP contribution in [0.5, 0.6) is 0 Å². The van der Waals surface area contributed by atoms with Crippen molar-refractivity contribution >= 4 is 11.9 Å². The summed E-state index contributed by atoms with van der Waals surface area (Å²) in [6.45, 7) is 3.36. The molecule has 0 aromatic carbocycles. The van der Waals surface area contributed by atoms with Gasteiger partial charge in [0, 0.05) is 25.0 Å². The average molecular weight is 289 g/mol. The fraction of sp³-hybridized carbons (Fsp3) is 0.750. The maximum absolute atomic E-state index is 8.89. The quantitative estimate of drug-likeness (QED) is 0.355. The smallest absolute Gasteiger partial charge is 0.550 e. The fourth-order valence-electron chi connectivity index (χ4n) is 0.283. The Balaban J connectivity index is -0.0000000700. The minimum Gasteiger partial charge on any atom is -0.550 e. The van der Waals surface area contributed by atoms with Gasteiger partial charge < -0.3 is 35.3 Å². The maximum Gasteiger partial charge on any atom is 2.00 e. The summed E-state index contributed by atoms with van der Waals surface area (Å²) in [6, 6.07) is 0. The molecule has 0 saturated carbocycles. The third kappa shape index (κ3) is 176. The molecule has 0 radical (unpaired) electrons. The van der Waals surface area contributed by atoms with Gasteiger partial charge in [-0.1, -0.05) is 0 Å². The molecule has 0 heterocycles.